The van der Waals surface area contributed by atoms with Gasteiger partial charge in [0.1, 0.15) is 11.6 Å². The summed E-state index contributed by atoms with van der Waals surface area (Å²) in [7, 11) is 3.33. The molecule has 0 spiro atoms. The molecule has 0 amide bonds. The summed E-state index contributed by atoms with van der Waals surface area (Å²) in [5.74, 6) is -0.627. The predicted molar refractivity (Wildman–Crippen MR) is 181 cm³/mol. The van der Waals surface area contributed by atoms with Crippen LogP contribution >= 0.6 is 0 Å². The van der Waals surface area contributed by atoms with Gasteiger partial charge in [-0.25, -0.2) is 13.8 Å². The number of fused-ring (bicyclic) bond motifs is 1. The Bertz CT molecular complexity index is 1580. The van der Waals surface area contributed by atoms with Gasteiger partial charge in [-0.3, -0.25) is 0 Å². The number of carbonyl (C=O) groups excluding carboxylic acids is 2. The van der Waals surface area contributed by atoms with Crippen molar-refractivity contribution in [3.05, 3.63) is 99.9 Å². The molecule has 1 atom stereocenters. The summed E-state index contributed by atoms with van der Waals surface area (Å²) in [6.45, 7) is 13.9. The number of aryl methyl sites for hydroxylation is 3. The van der Waals surface area contributed by atoms with Crippen LogP contribution in [0.3, 0.4) is 0 Å². The van der Waals surface area contributed by atoms with Gasteiger partial charge in [0, 0.05) is 46.0 Å². The van der Waals surface area contributed by atoms with E-state index in [9.17, 15) is 13.9 Å². The maximum atomic E-state index is 14.8. The summed E-state index contributed by atoms with van der Waals surface area (Å²) < 4.78 is 34.3. The molecule has 8 nitrogen and oxygen atoms in total. The molecule has 252 valence electrons. The summed E-state index contributed by atoms with van der Waals surface area (Å²) in [4.78, 5) is 23.1. The number of nitrogens with one attached hydrogen (secondary N) is 2. The van der Waals surface area contributed by atoms with Crippen molar-refractivity contribution in [1.29, 1.82) is 0 Å². The Morgan fingerprint density at radius 1 is 1.09 bits per heavy atom. The number of anilines is 1. The molecule has 3 aromatic rings. The van der Waals surface area contributed by atoms with Crippen LogP contribution in [0.1, 0.15) is 58.7 Å². The number of aliphatic hydroxyl groups excluding tert-OH is 1. The SMILES string of the molecule is C=C(/N=C\c1cc(-c2c(F)ccc(NC)c2F)ccc1C)NC1CCN(CCOC)CC1.Cc1cc(C)c2c(c1)C(O)CC2.O=C=O. The van der Waals surface area contributed by atoms with Gasteiger partial charge in [0.05, 0.1) is 24.0 Å². The highest BCUT2D eigenvalue weighted by Gasteiger charge is 2.22. The molecule has 47 heavy (non-hydrogen) atoms. The second-order valence-electron chi connectivity index (χ2n) is 11.9. The number of nitrogens with zero attached hydrogens (tertiary/aromatic N) is 2. The molecule has 2 aliphatic rings. The third-order valence-corrected chi connectivity index (χ3v) is 8.54. The first-order chi connectivity index (χ1) is 22.5. The van der Waals surface area contributed by atoms with Gasteiger partial charge in [0.25, 0.3) is 0 Å². The first kappa shape index (κ1) is 37.2. The van der Waals surface area contributed by atoms with Crippen molar-refractivity contribution in [2.45, 2.75) is 58.6 Å². The van der Waals surface area contributed by atoms with Crippen LogP contribution in [-0.2, 0) is 20.7 Å². The monoisotopic (exact) mass is 648 g/mol. The van der Waals surface area contributed by atoms with Gasteiger partial charge in [0.2, 0.25) is 0 Å². The number of aliphatic hydroxyl groups is 1. The minimum absolute atomic E-state index is 0.0521. The molecule has 1 saturated heterocycles. The highest BCUT2D eigenvalue weighted by Crippen LogP contribution is 2.34. The number of methoxy groups -OCH3 is 1. The Morgan fingerprint density at radius 3 is 2.45 bits per heavy atom. The first-order valence-electron chi connectivity index (χ1n) is 15.8. The zero-order chi connectivity index (χ0) is 34.5. The Kier molecular flexibility index (Phi) is 14.4. The normalized spacial score (nSPS) is 16.0. The highest BCUT2D eigenvalue weighted by molar-refractivity contribution is 5.85. The lowest BCUT2D eigenvalue weighted by atomic mass is 9.98. The molecule has 1 heterocycles. The topological polar surface area (TPSA) is 103 Å². The molecule has 0 aromatic heterocycles. The molecule has 1 unspecified atom stereocenters. The molecular formula is C37H46F2N4O4. The van der Waals surface area contributed by atoms with Gasteiger partial charge in [0.15, 0.2) is 5.82 Å². The van der Waals surface area contributed by atoms with E-state index >= 15 is 0 Å². The van der Waals surface area contributed by atoms with Crippen molar-refractivity contribution in [1.82, 2.24) is 10.2 Å². The van der Waals surface area contributed by atoms with Crippen molar-refractivity contribution in [3.63, 3.8) is 0 Å². The van der Waals surface area contributed by atoms with Crippen LogP contribution in [0.2, 0.25) is 0 Å². The van der Waals surface area contributed by atoms with Crippen LogP contribution in [0.5, 0.6) is 0 Å². The number of aliphatic imine (C=N–C) groups is 1. The Labute approximate surface area is 276 Å². The van der Waals surface area contributed by atoms with Gasteiger partial charge >= 0.3 is 6.15 Å². The van der Waals surface area contributed by atoms with E-state index in [2.05, 4.69) is 53.1 Å². The number of rotatable bonds is 9. The van der Waals surface area contributed by atoms with Crippen LogP contribution in [0.25, 0.3) is 11.1 Å². The second kappa shape index (κ2) is 18.2. The van der Waals surface area contributed by atoms with Gasteiger partial charge in [-0.15, -0.1) is 0 Å². The van der Waals surface area contributed by atoms with E-state index in [0.29, 0.717) is 17.4 Å². The number of likely N-dealkylation sites (tertiary alicyclic amines) is 1. The van der Waals surface area contributed by atoms with Crippen LogP contribution in [0.15, 0.2) is 59.9 Å². The van der Waals surface area contributed by atoms with Gasteiger partial charge in [-0.1, -0.05) is 36.4 Å². The molecule has 10 heteroatoms. The minimum atomic E-state index is -0.609. The molecule has 0 radical (unpaired) electrons. The quantitative estimate of drug-likeness (QED) is 0.235. The average molecular weight is 649 g/mol. The smallest absolute Gasteiger partial charge is 0.373 e. The summed E-state index contributed by atoms with van der Waals surface area (Å²) in [5.41, 5.74) is 7.53. The molecule has 1 fully saturated rings. The molecule has 3 aromatic carbocycles. The average Bonchev–Trinajstić information content (AvgIpc) is 3.42. The Balaban J connectivity index is 0.000000329. The van der Waals surface area contributed by atoms with E-state index in [1.54, 1.807) is 32.5 Å². The lowest BCUT2D eigenvalue weighted by molar-refractivity contribution is -0.191. The Morgan fingerprint density at radius 2 is 1.79 bits per heavy atom. The predicted octanol–water partition coefficient (Wildman–Crippen LogP) is 6.27. The number of hydrogen-bond acceptors (Lipinski definition) is 8. The fourth-order valence-electron chi connectivity index (χ4n) is 5.99. The fourth-order valence-corrected chi connectivity index (χ4v) is 5.99. The number of ether oxygens (including phenoxy) is 1. The van der Waals surface area contributed by atoms with Crippen molar-refractivity contribution < 1.29 is 28.2 Å². The van der Waals surface area contributed by atoms with Gasteiger partial charge in [-0.05, 0) is 98.0 Å². The van der Waals surface area contributed by atoms with Crippen LogP contribution in [-0.4, -0.2) is 68.8 Å². The summed E-state index contributed by atoms with van der Waals surface area (Å²) in [5, 5.41) is 15.8. The molecule has 0 bridgehead atoms. The zero-order valence-corrected chi connectivity index (χ0v) is 28.0. The molecule has 1 aliphatic carbocycles. The largest absolute Gasteiger partial charge is 0.388 e. The molecular weight excluding hydrogens is 602 g/mol. The summed E-state index contributed by atoms with van der Waals surface area (Å²) >= 11 is 0. The van der Waals surface area contributed by atoms with Crippen LogP contribution in [0.4, 0.5) is 14.5 Å². The van der Waals surface area contributed by atoms with Crippen LogP contribution in [0, 0.1) is 32.4 Å². The Hall–Kier alpha value is -4.21. The first-order valence-corrected chi connectivity index (χ1v) is 15.8. The van der Waals surface area contributed by atoms with Crippen LogP contribution < -0.4 is 10.6 Å². The molecule has 1 aliphatic heterocycles. The van der Waals surface area contributed by atoms with E-state index in [1.165, 1.54) is 28.8 Å². The van der Waals surface area contributed by atoms with Gasteiger partial charge in [-0.2, -0.15) is 9.59 Å². The van der Waals surface area contributed by atoms with Crippen molar-refractivity contribution in [2.24, 2.45) is 4.99 Å². The molecule has 0 saturated carbocycles. The lowest BCUT2D eigenvalue weighted by Crippen LogP contribution is -2.42. The van der Waals surface area contributed by atoms with Crippen molar-refractivity contribution in [2.75, 3.05) is 45.7 Å². The molecule has 5 rings (SSSR count). The fraction of sp³-hybridized carbons (Fsp3) is 0.405. The summed E-state index contributed by atoms with van der Waals surface area (Å²) in [6, 6.07) is 12.6. The van der Waals surface area contributed by atoms with Crippen molar-refractivity contribution in [3.8, 4) is 11.1 Å². The van der Waals surface area contributed by atoms with Crippen molar-refractivity contribution >= 4 is 18.1 Å². The molecule has 3 N–H and O–H groups in total. The number of halogens is 2. The lowest BCUT2D eigenvalue weighted by Gasteiger charge is -2.32. The standard InChI is InChI=1S/C25H32F2N4O.C11H14O.CO2/c1-17-5-6-19(24-22(26)7-8-23(28-3)25(24)27)15-20(17)16-29-18(2)30-21-9-11-31(12-10-21)13-14-32-4;1-7-5-8(2)9-3-4-11(12)10(9)6-7;2-1-3/h5-8,15-16,21,28,30H,2,9-14H2,1,3-4H3;5-6,11-12H,3-4H2,1-2H3;/b29-16-;;. The highest BCUT2D eigenvalue weighted by atomic mass is 19.1. The maximum Gasteiger partial charge on any atom is 0.373 e. The summed E-state index contributed by atoms with van der Waals surface area (Å²) in [6.07, 6.45) is 5.72. The minimum Gasteiger partial charge on any atom is -0.388 e. The van der Waals surface area contributed by atoms with E-state index in [4.69, 9.17) is 14.3 Å². The maximum absolute atomic E-state index is 14.8. The number of hydrogen-bond donors (Lipinski definition) is 3. The third kappa shape index (κ3) is 10.4. The number of piperidine rings is 1. The van der Waals surface area contributed by atoms with Gasteiger partial charge < -0.3 is 25.4 Å². The number of benzene rings is 3. The van der Waals surface area contributed by atoms with E-state index < -0.39 is 11.6 Å². The van der Waals surface area contributed by atoms with E-state index in [-0.39, 0.29) is 23.5 Å². The van der Waals surface area contributed by atoms with E-state index in [1.807, 2.05) is 13.0 Å². The third-order valence-electron chi connectivity index (χ3n) is 8.54. The second-order valence-corrected chi connectivity index (χ2v) is 11.9. The zero-order valence-electron chi connectivity index (χ0n) is 28.0. The van der Waals surface area contributed by atoms with E-state index in [0.717, 1.165) is 68.6 Å².